The van der Waals surface area contributed by atoms with E-state index in [1.54, 1.807) is 4.90 Å². The molecule has 116 valence electrons. The van der Waals surface area contributed by atoms with Gasteiger partial charge in [-0.25, -0.2) is 4.79 Å². The van der Waals surface area contributed by atoms with E-state index < -0.39 is 5.97 Å². The number of hydrogen-bond acceptors (Lipinski definition) is 3. The highest BCUT2D eigenvalue weighted by Gasteiger charge is 2.27. The van der Waals surface area contributed by atoms with Gasteiger partial charge in [-0.2, -0.15) is 0 Å². The van der Waals surface area contributed by atoms with E-state index in [-0.39, 0.29) is 25.1 Å². The maximum atomic E-state index is 12.5. The molecule has 0 radical (unpaired) electrons. The van der Waals surface area contributed by atoms with E-state index in [0.29, 0.717) is 32.0 Å². The van der Waals surface area contributed by atoms with E-state index in [0.717, 1.165) is 12.8 Å². The second-order valence-electron chi connectivity index (χ2n) is 5.68. The molecule has 6 heteroatoms. The van der Waals surface area contributed by atoms with Crippen LogP contribution in [0.5, 0.6) is 0 Å². The molecule has 2 amide bonds. The van der Waals surface area contributed by atoms with Crippen LogP contribution >= 0.6 is 0 Å². The summed E-state index contributed by atoms with van der Waals surface area (Å²) in [5.41, 5.74) is 0. The summed E-state index contributed by atoms with van der Waals surface area (Å²) in [6, 6.07) is 0.0497. The smallest absolute Gasteiger partial charge is 0.320 e. The van der Waals surface area contributed by atoms with Crippen molar-refractivity contribution in [3.63, 3.8) is 0 Å². The van der Waals surface area contributed by atoms with E-state index in [4.69, 9.17) is 10.2 Å². The van der Waals surface area contributed by atoms with Crippen LogP contribution in [0.1, 0.15) is 39.5 Å². The van der Waals surface area contributed by atoms with Crippen molar-refractivity contribution in [1.29, 1.82) is 0 Å². The lowest BCUT2D eigenvalue weighted by molar-refractivity contribution is -0.137. The van der Waals surface area contributed by atoms with Crippen LogP contribution in [0.4, 0.5) is 4.79 Å². The molecule has 0 aromatic rings. The fourth-order valence-electron chi connectivity index (χ4n) is 2.46. The molecular formula is C14H26N2O4. The number of carboxylic acid groups (broad SMARTS) is 1. The summed E-state index contributed by atoms with van der Waals surface area (Å²) in [4.78, 5) is 26.6. The summed E-state index contributed by atoms with van der Waals surface area (Å²) in [6.07, 6.45) is 2.24. The van der Waals surface area contributed by atoms with Gasteiger partial charge in [-0.3, -0.25) is 4.79 Å². The van der Waals surface area contributed by atoms with Gasteiger partial charge in [-0.15, -0.1) is 0 Å². The lowest BCUT2D eigenvalue weighted by Crippen LogP contribution is -2.49. The summed E-state index contributed by atoms with van der Waals surface area (Å²) < 4.78 is 0. The molecular weight excluding hydrogens is 260 g/mol. The van der Waals surface area contributed by atoms with Gasteiger partial charge in [-0.1, -0.05) is 0 Å². The number of rotatable bonds is 6. The first kappa shape index (κ1) is 16.8. The van der Waals surface area contributed by atoms with Crippen molar-refractivity contribution in [1.82, 2.24) is 9.80 Å². The zero-order valence-corrected chi connectivity index (χ0v) is 12.4. The van der Waals surface area contributed by atoms with E-state index in [9.17, 15) is 9.59 Å². The lowest BCUT2D eigenvalue weighted by Gasteiger charge is -2.37. The largest absolute Gasteiger partial charge is 0.481 e. The highest BCUT2D eigenvalue weighted by Crippen LogP contribution is 2.18. The second kappa shape index (κ2) is 8.09. The Balaban J connectivity index is 2.49. The van der Waals surface area contributed by atoms with Gasteiger partial charge in [0.25, 0.3) is 0 Å². The van der Waals surface area contributed by atoms with Gasteiger partial charge in [-0.05, 0) is 39.0 Å². The van der Waals surface area contributed by atoms with Crippen molar-refractivity contribution < 1.29 is 19.8 Å². The minimum atomic E-state index is -0.829. The van der Waals surface area contributed by atoms with Crippen LogP contribution in [0.2, 0.25) is 0 Å². The van der Waals surface area contributed by atoms with Crippen LogP contribution in [-0.4, -0.2) is 64.3 Å². The van der Waals surface area contributed by atoms with Crippen molar-refractivity contribution in [2.75, 3.05) is 26.2 Å². The summed E-state index contributed by atoms with van der Waals surface area (Å²) in [7, 11) is 0. The molecule has 0 unspecified atom stereocenters. The lowest BCUT2D eigenvalue weighted by atomic mass is 9.98. The summed E-state index contributed by atoms with van der Waals surface area (Å²) in [5, 5.41) is 17.8. The third-order valence-electron chi connectivity index (χ3n) is 3.80. The van der Waals surface area contributed by atoms with Crippen LogP contribution in [0.3, 0.4) is 0 Å². The summed E-state index contributed by atoms with van der Waals surface area (Å²) in [6.45, 7) is 5.90. The molecule has 1 saturated heterocycles. The van der Waals surface area contributed by atoms with Crippen LogP contribution in [0.15, 0.2) is 0 Å². The number of nitrogens with zero attached hydrogens (tertiary/aromatic N) is 2. The monoisotopic (exact) mass is 286 g/mol. The number of carboxylic acids is 1. The average Bonchev–Trinajstić information content (AvgIpc) is 2.42. The van der Waals surface area contributed by atoms with E-state index in [1.807, 2.05) is 18.7 Å². The van der Waals surface area contributed by atoms with Crippen LogP contribution < -0.4 is 0 Å². The van der Waals surface area contributed by atoms with Gasteiger partial charge in [0.15, 0.2) is 0 Å². The number of carbonyl (C=O) groups excluding carboxylic acids is 1. The molecule has 20 heavy (non-hydrogen) atoms. The van der Waals surface area contributed by atoms with E-state index >= 15 is 0 Å². The molecule has 1 heterocycles. The molecule has 1 fully saturated rings. The van der Waals surface area contributed by atoms with Crippen LogP contribution in [0, 0.1) is 5.92 Å². The predicted octanol–water partition coefficient (Wildman–Crippen LogP) is 1.39. The van der Waals surface area contributed by atoms with Crippen molar-refractivity contribution in [2.45, 2.75) is 45.6 Å². The standard InChI is InChI=1S/C14H26N2O4/c1-11(2)16(7-3-4-13(18)19)14(20)15-8-5-12(10-17)6-9-15/h11-12,17H,3-10H2,1-2H3,(H,18,19). The molecule has 6 nitrogen and oxygen atoms in total. The van der Waals surface area contributed by atoms with E-state index in [1.165, 1.54) is 0 Å². The molecule has 0 bridgehead atoms. The van der Waals surface area contributed by atoms with Gasteiger partial charge >= 0.3 is 12.0 Å². The number of aliphatic hydroxyl groups excluding tert-OH is 1. The molecule has 1 aliphatic rings. The number of hydrogen-bond donors (Lipinski definition) is 2. The molecule has 1 rings (SSSR count). The minimum Gasteiger partial charge on any atom is -0.481 e. The van der Waals surface area contributed by atoms with Gasteiger partial charge in [0.2, 0.25) is 0 Å². The number of urea groups is 1. The molecule has 0 aromatic carbocycles. The van der Waals surface area contributed by atoms with Gasteiger partial charge in [0.05, 0.1) is 0 Å². The van der Waals surface area contributed by atoms with Crippen molar-refractivity contribution in [3.8, 4) is 0 Å². The highest BCUT2D eigenvalue weighted by atomic mass is 16.4. The number of aliphatic hydroxyl groups is 1. The SMILES string of the molecule is CC(C)N(CCCC(=O)O)C(=O)N1CCC(CO)CC1. The van der Waals surface area contributed by atoms with Crippen molar-refractivity contribution in [3.05, 3.63) is 0 Å². The Bertz CT molecular complexity index is 325. The first-order chi connectivity index (χ1) is 9.45. The average molecular weight is 286 g/mol. The van der Waals surface area contributed by atoms with Gasteiger partial charge < -0.3 is 20.0 Å². The molecule has 0 spiro atoms. The Morgan fingerprint density at radius 3 is 2.35 bits per heavy atom. The number of likely N-dealkylation sites (tertiary alicyclic amines) is 1. The van der Waals surface area contributed by atoms with Gasteiger partial charge in [0.1, 0.15) is 0 Å². The molecule has 0 atom stereocenters. The van der Waals surface area contributed by atoms with Crippen LogP contribution in [0.25, 0.3) is 0 Å². The summed E-state index contributed by atoms with van der Waals surface area (Å²) in [5.74, 6) is -0.525. The molecule has 2 N–H and O–H groups in total. The Hall–Kier alpha value is -1.30. The first-order valence-electron chi connectivity index (χ1n) is 7.34. The Morgan fingerprint density at radius 2 is 1.90 bits per heavy atom. The zero-order chi connectivity index (χ0) is 15.1. The van der Waals surface area contributed by atoms with Crippen molar-refractivity contribution in [2.24, 2.45) is 5.92 Å². The molecule has 0 saturated carbocycles. The Labute approximate surface area is 120 Å². The maximum absolute atomic E-state index is 12.5. The number of aliphatic carboxylic acids is 1. The first-order valence-corrected chi connectivity index (χ1v) is 7.34. The molecule has 1 aliphatic heterocycles. The van der Waals surface area contributed by atoms with Gasteiger partial charge in [0, 0.05) is 38.7 Å². The topological polar surface area (TPSA) is 81.1 Å². The molecule has 0 aromatic heterocycles. The number of amides is 2. The number of carbonyl (C=O) groups is 2. The third kappa shape index (κ3) is 5.00. The normalized spacial score (nSPS) is 16.5. The summed E-state index contributed by atoms with van der Waals surface area (Å²) >= 11 is 0. The maximum Gasteiger partial charge on any atom is 0.320 e. The number of piperidine rings is 1. The predicted molar refractivity (Wildman–Crippen MR) is 75.5 cm³/mol. The zero-order valence-electron chi connectivity index (χ0n) is 12.4. The Kier molecular flexibility index (Phi) is 6.78. The molecule has 0 aliphatic carbocycles. The van der Waals surface area contributed by atoms with Crippen LogP contribution in [-0.2, 0) is 4.79 Å². The minimum absolute atomic E-state index is 0.0122. The van der Waals surface area contributed by atoms with E-state index in [2.05, 4.69) is 0 Å². The Morgan fingerprint density at radius 1 is 1.30 bits per heavy atom. The second-order valence-corrected chi connectivity index (χ2v) is 5.68. The van der Waals surface area contributed by atoms with Crippen molar-refractivity contribution >= 4 is 12.0 Å². The fraction of sp³-hybridized carbons (Fsp3) is 0.857. The highest BCUT2D eigenvalue weighted by molar-refractivity contribution is 5.75. The fourth-order valence-corrected chi connectivity index (χ4v) is 2.46. The quantitative estimate of drug-likeness (QED) is 0.773. The third-order valence-corrected chi connectivity index (χ3v) is 3.80.